The van der Waals surface area contributed by atoms with Gasteiger partial charge in [-0.25, -0.2) is 4.79 Å². The number of nitrogens with zero attached hydrogens (tertiary/aromatic N) is 1. The zero-order chi connectivity index (χ0) is 11.5. The zero-order valence-corrected chi connectivity index (χ0v) is 10.0. The van der Waals surface area contributed by atoms with Gasteiger partial charge in [-0.3, -0.25) is 4.90 Å². The van der Waals surface area contributed by atoms with Crippen LogP contribution in [0.25, 0.3) is 0 Å². The summed E-state index contributed by atoms with van der Waals surface area (Å²) < 4.78 is 4.90. The molecule has 1 rings (SSSR count). The lowest BCUT2D eigenvalue weighted by atomic mass is 9.93. The molecular weight excluding hydrogens is 190 g/mol. The Balaban J connectivity index is 2.37. The van der Waals surface area contributed by atoms with Crippen molar-refractivity contribution in [3.8, 4) is 0 Å². The molecule has 0 saturated carbocycles. The van der Waals surface area contributed by atoms with E-state index in [1.165, 1.54) is 6.42 Å². The van der Waals surface area contributed by atoms with E-state index < -0.39 is 0 Å². The van der Waals surface area contributed by atoms with E-state index in [0.717, 1.165) is 13.1 Å². The smallest absolute Gasteiger partial charge is 0.334 e. The van der Waals surface area contributed by atoms with E-state index in [1.54, 1.807) is 0 Å². The summed E-state index contributed by atoms with van der Waals surface area (Å²) in [4.78, 5) is 13.6. The topological polar surface area (TPSA) is 29.5 Å². The SMILES string of the molecule is C=C(CN1CCC(C)(C)C1)C(=O)OCC. The second-order valence-electron chi connectivity index (χ2n) is 4.95. The summed E-state index contributed by atoms with van der Waals surface area (Å²) in [6.07, 6.45) is 1.18. The summed E-state index contributed by atoms with van der Waals surface area (Å²) in [5, 5.41) is 0. The number of esters is 1. The Hall–Kier alpha value is -0.830. The van der Waals surface area contributed by atoms with Crippen LogP contribution in [0, 0.1) is 5.41 Å². The van der Waals surface area contributed by atoms with Gasteiger partial charge in [-0.05, 0) is 25.3 Å². The number of ether oxygens (including phenoxy) is 1. The predicted molar refractivity (Wildman–Crippen MR) is 60.6 cm³/mol. The number of likely N-dealkylation sites (tertiary alicyclic amines) is 1. The molecule has 86 valence electrons. The summed E-state index contributed by atoms with van der Waals surface area (Å²) in [6.45, 7) is 13.2. The Bertz CT molecular complexity index is 258. The average molecular weight is 211 g/mol. The Kier molecular flexibility index (Phi) is 3.91. The molecule has 0 aromatic carbocycles. The molecule has 0 spiro atoms. The van der Waals surface area contributed by atoms with Crippen molar-refractivity contribution in [1.82, 2.24) is 4.90 Å². The Morgan fingerprint density at radius 2 is 2.20 bits per heavy atom. The van der Waals surface area contributed by atoms with Gasteiger partial charge < -0.3 is 4.74 Å². The normalized spacial score (nSPS) is 20.2. The van der Waals surface area contributed by atoms with Crippen molar-refractivity contribution in [1.29, 1.82) is 0 Å². The number of hydrogen-bond acceptors (Lipinski definition) is 3. The van der Waals surface area contributed by atoms with Crippen LogP contribution in [-0.4, -0.2) is 37.1 Å². The molecule has 0 radical (unpaired) electrons. The van der Waals surface area contributed by atoms with Gasteiger partial charge in [0, 0.05) is 18.7 Å². The van der Waals surface area contributed by atoms with E-state index in [9.17, 15) is 4.79 Å². The molecule has 3 heteroatoms. The number of hydrogen-bond donors (Lipinski definition) is 0. The lowest BCUT2D eigenvalue weighted by Crippen LogP contribution is -2.27. The highest BCUT2D eigenvalue weighted by molar-refractivity contribution is 5.88. The lowest BCUT2D eigenvalue weighted by molar-refractivity contribution is -0.138. The number of carbonyl (C=O) groups excluding carboxylic acids is 1. The molecule has 0 N–H and O–H groups in total. The summed E-state index contributed by atoms with van der Waals surface area (Å²) >= 11 is 0. The van der Waals surface area contributed by atoms with Gasteiger partial charge in [0.05, 0.1) is 6.61 Å². The maximum atomic E-state index is 11.3. The fraction of sp³-hybridized carbons (Fsp3) is 0.750. The molecule has 1 saturated heterocycles. The Morgan fingerprint density at radius 3 is 2.67 bits per heavy atom. The van der Waals surface area contributed by atoms with Crippen LogP contribution in [0.3, 0.4) is 0 Å². The van der Waals surface area contributed by atoms with Crippen molar-refractivity contribution in [2.24, 2.45) is 5.41 Å². The van der Waals surface area contributed by atoms with Gasteiger partial charge in [-0.2, -0.15) is 0 Å². The van der Waals surface area contributed by atoms with E-state index in [1.807, 2.05) is 6.92 Å². The monoisotopic (exact) mass is 211 g/mol. The van der Waals surface area contributed by atoms with Crippen LogP contribution >= 0.6 is 0 Å². The van der Waals surface area contributed by atoms with Crippen molar-refractivity contribution in [2.75, 3.05) is 26.2 Å². The summed E-state index contributed by atoms with van der Waals surface area (Å²) in [6, 6.07) is 0. The van der Waals surface area contributed by atoms with Crippen LogP contribution in [0.4, 0.5) is 0 Å². The first-order valence-corrected chi connectivity index (χ1v) is 5.52. The van der Waals surface area contributed by atoms with Crippen LogP contribution in [0.15, 0.2) is 12.2 Å². The standard InChI is InChI=1S/C12H21NO2/c1-5-15-11(14)10(2)8-13-7-6-12(3,4)9-13/h2,5-9H2,1,3-4H3. The molecule has 15 heavy (non-hydrogen) atoms. The number of rotatable bonds is 4. The molecule has 0 amide bonds. The molecule has 1 aliphatic heterocycles. The third-order valence-corrected chi connectivity index (χ3v) is 2.74. The summed E-state index contributed by atoms with van der Waals surface area (Å²) in [5.41, 5.74) is 0.934. The van der Waals surface area contributed by atoms with Gasteiger partial charge in [0.15, 0.2) is 0 Å². The third kappa shape index (κ3) is 3.67. The van der Waals surface area contributed by atoms with Crippen LogP contribution in [0.5, 0.6) is 0 Å². The van der Waals surface area contributed by atoms with Gasteiger partial charge in [0.25, 0.3) is 0 Å². The molecule has 0 unspecified atom stereocenters. The minimum Gasteiger partial charge on any atom is -0.463 e. The Morgan fingerprint density at radius 1 is 1.53 bits per heavy atom. The van der Waals surface area contributed by atoms with Crippen LogP contribution in [0.2, 0.25) is 0 Å². The molecule has 0 aromatic heterocycles. The second-order valence-corrected chi connectivity index (χ2v) is 4.95. The van der Waals surface area contributed by atoms with Crippen molar-refractivity contribution in [3.05, 3.63) is 12.2 Å². The first-order valence-electron chi connectivity index (χ1n) is 5.52. The van der Waals surface area contributed by atoms with E-state index in [4.69, 9.17) is 4.74 Å². The van der Waals surface area contributed by atoms with Crippen molar-refractivity contribution >= 4 is 5.97 Å². The molecule has 0 atom stereocenters. The summed E-state index contributed by atoms with van der Waals surface area (Å²) in [7, 11) is 0. The van der Waals surface area contributed by atoms with Gasteiger partial charge >= 0.3 is 5.97 Å². The van der Waals surface area contributed by atoms with E-state index >= 15 is 0 Å². The minimum atomic E-state index is -0.262. The fourth-order valence-corrected chi connectivity index (χ4v) is 1.93. The maximum absolute atomic E-state index is 11.3. The first-order chi connectivity index (χ1) is 6.94. The third-order valence-electron chi connectivity index (χ3n) is 2.74. The highest BCUT2D eigenvalue weighted by atomic mass is 16.5. The van der Waals surface area contributed by atoms with Crippen LogP contribution < -0.4 is 0 Å². The largest absolute Gasteiger partial charge is 0.463 e. The second kappa shape index (κ2) is 4.79. The van der Waals surface area contributed by atoms with Crippen LogP contribution in [0.1, 0.15) is 27.2 Å². The van der Waals surface area contributed by atoms with Gasteiger partial charge in [0.1, 0.15) is 0 Å². The quantitative estimate of drug-likeness (QED) is 0.525. The molecule has 0 aromatic rings. The van der Waals surface area contributed by atoms with Crippen molar-refractivity contribution < 1.29 is 9.53 Å². The van der Waals surface area contributed by atoms with Crippen molar-refractivity contribution in [3.63, 3.8) is 0 Å². The van der Waals surface area contributed by atoms with E-state index in [-0.39, 0.29) is 5.97 Å². The van der Waals surface area contributed by atoms with Gasteiger partial charge in [0.2, 0.25) is 0 Å². The highest BCUT2D eigenvalue weighted by Crippen LogP contribution is 2.28. The van der Waals surface area contributed by atoms with Crippen molar-refractivity contribution in [2.45, 2.75) is 27.2 Å². The zero-order valence-electron chi connectivity index (χ0n) is 10.0. The fourth-order valence-electron chi connectivity index (χ4n) is 1.93. The molecular formula is C12H21NO2. The maximum Gasteiger partial charge on any atom is 0.334 e. The Labute approximate surface area is 92.1 Å². The predicted octanol–water partition coefficient (Wildman–Crippen LogP) is 1.84. The van der Waals surface area contributed by atoms with E-state index in [0.29, 0.717) is 24.1 Å². The average Bonchev–Trinajstić information content (AvgIpc) is 2.46. The molecule has 0 bridgehead atoms. The van der Waals surface area contributed by atoms with Crippen LogP contribution in [-0.2, 0) is 9.53 Å². The van der Waals surface area contributed by atoms with Gasteiger partial charge in [-0.1, -0.05) is 20.4 Å². The first kappa shape index (κ1) is 12.2. The molecule has 3 nitrogen and oxygen atoms in total. The van der Waals surface area contributed by atoms with E-state index in [2.05, 4.69) is 25.3 Å². The minimum absolute atomic E-state index is 0.262. The molecule has 1 heterocycles. The molecule has 1 aliphatic rings. The number of carbonyl (C=O) groups is 1. The lowest BCUT2D eigenvalue weighted by Gasteiger charge is -2.19. The molecule has 1 fully saturated rings. The van der Waals surface area contributed by atoms with Gasteiger partial charge in [-0.15, -0.1) is 0 Å². The summed E-state index contributed by atoms with van der Waals surface area (Å²) in [5.74, 6) is -0.262. The molecule has 0 aliphatic carbocycles. The highest BCUT2D eigenvalue weighted by Gasteiger charge is 2.29.